The van der Waals surface area contributed by atoms with Crippen LogP contribution in [0, 0.1) is 19.7 Å². The molecule has 174 valence electrons. The average molecular weight is 511 g/mol. The van der Waals surface area contributed by atoms with Crippen LogP contribution in [0.25, 0.3) is 21.5 Å². The summed E-state index contributed by atoms with van der Waals surface area (Å²) in [6, 6.07) is 8.03. The predicted molar refractivity (Wildman–Crippen MR) is 123 cm³/mol. The lowest BCUT2D eigenvalue weighted by atomic mass is 10.2. The molecule has 0 amide bonds. The molecule has 0 atom stereocenters. The molecule has 4 aromatic rings. The Bertz CT molecular complexity index is 1600. The number of benzene rings is 2. The van der Waals surface area contributed by atoms with Crippen LogP contribution in [0.1, 0.15) is 17.0 Å². The summed E-state index contributed by atoms with van der Waals surface area (Å²) in [7, 11) is -8.04. The SMILES string of the molecule is Cc1nc(-c2ccc(NS(=O)(=O)c3sc4ccc(F)cc4c3C)c(S(C)(=O)=O)c2)oc1CO. The van der Waals surface area contributed by atoms with Crippen molar-refractivity contribution >= 4 is 47.0 Å². The normalized spacial score (nSPS) is 12.4. The predicted octanol–water partition coefficient (Wildman–Crippen LogP) is 4.01. The Morgan fingerprint density at radius 3 is 2.48 bits per heavy atom. The summed E-state index contributed by atoms with van der Waals surface area (Å²) in [5.74, 6) is -0.146. The van der Waals surface area contributed by atoms with Crippen molar-refractivity contribution < 1.29 is 30.7 Å². The number of thiophene rings is 1. The molecule has 8 nitrogen and oxygen atoms in total. The second-order valence-corrected chi connectivity index (χ2v) is 12.3. The van der Waals surface area contributed by atoms with Gasteiger partial charge in [-0.3, -0.25) is 4.72 Å². The number of halogens is 1. The summed E-state index contributed by atoms with van der Waals surface area (Å²) >= 11 is 0.964. The Labute approximate surface area is 193 Å². The number of nitrogens with one attached hydrogen (secondary N) is 1. The number of sulfonamides is 1. The zero-order valence-electron chi connectivity index (χ0n) is 17.7. The first kappa shape index (κ1) is 23.4. The molecule has 0 aliphatic carbocycles. The second-order valence-electron chi connectivity index (χ2n) is 7.43. The van der Waals surface area contributed by atoms with E-state index in [1.807, 2.05) is 0 Å². The highest BCUT2D eigenvalue weighted by atomic mass is 32.2. The number of oxazole rings is 1. The van der Waals surface area contributed by atoms with Gasteiger partial charge in [-0.15, -0.1) is 11.3 Å². The van der Waals surface area contributed by atoms with Crippen LogP contribution in [0.3, 0.4) is 0 Å². The zero-order chi connectivity index (χ0) is 24.1. The maximum Gasteiger partial charge on any atom is 0.271 e. The molecule has 0 saturated heterocycles. The number of anilines is 1. The molecule has 0 fully saturated rings. The third-order valence-electron chi connectivity index (χ3n) is 5.01. The Balaban J connectivity index is 1.79. The van der Waals surface area contributed by atoms with E-state index in [2.05, 4.69) is 9.71 Å². The van der Waals surface area contributed by atoms with Gasteiger partial charge in [0, 0.05) is 16.5 Å². The van der Waals surface area contributed by atoms with E-state index in [4.69, 9.17) is 4.42 Å². The molecular formula is C21H19FN2O6S3. The molecule has 0 bridgehead atoms. The number of nitrogens with zero attached hydrogens (tertiary/aromatic N) is 1. The number of fused-ring (bicyclic) bond motifs is 1. The molecule has 0 aliphatic heterocycles. The lowest BCUT2D eigenvalue weighted by molar-refractivity contribution is 0.247. The summed E-state index contributed by atoms with van der Waals surface area (Å²) in [4.78, 5) is 3.91. The largest absolute Gasteiger partial charge is 0.438 e. The number of rotatable bonds is 6. The molecule has 4 rings (SSSR count). The van der Waals surface area contributed by atoms with Crippen molar-refractivity contribution in [1.82, 2.24) is 4.98 Å². The number of sulfone groups is 1. The van der Waals surface area contributed by atoms with Crippen molar-refractivity contribution in [3.8, 4) is 11.5 Å². The summed E-state index contributed by atoms with van der Waals surface area (Å²) in [6.45, 7) is 2.84. The van der Waals surface area contributed by atoms with Gasteiger partial charge in [0.15, 0.2) is 15.6 Å². The van der Waals surface area contributed by atoms with Crippen LogP contribution in [0.2, 0.25) is 0 Å². The molecule has 0 saturated carbocycles. The molecule has 0 unspecified atom stereocenters. The third-order valence-corrected chi connectivity index (χ3v) is 9.40. The maximum atomic E-state index is 13.6. The van der Waals surface area contributed by atoms with E-state index < -0.39 is 25.7 Å². The topological polar surface area (TPSA) is 127 Å². The Morgan fingerprint density at radius 1 is 1.12 bits per heavy atom. The average Bonchev–Trinajstić information content (AvgIpc) is 3.27. The highest BCUT2D eigenvalue weighted by Gasteiger charge is 2.26. The van der Waals surface area contributed by atoms with Gasteiger partial charge in [0.2, 0.25) is 5.89 Å². The van der Waals surface area contributed by atoms with Crippen molar-refractivity contribution in [2.75, 3.05) is 11.0 Å². The van der Waals surface area contributed by atoms with Gasteiger partial charge in [-0.25, -0.2) is 26.2 Å². The molecule has 2 aromatic carbocycles. The van der Waals surface area contributed by atoms with E-state index in [-0.39, 0.29) is 33.0 Å². The van der Waals surface area contributed by atoms with Crippen LogP contribution in [0.4, 0.5) is 10.1 Å². The van der Waals surface area contributed by atoms with Gasteiger partial charge in [0.1, 0.15) is 16.6 Å². The number of aliphatic hydroxyl groups is 1. The lowest BCUT2D eigenvalue weighted by Gasteiger charge is -2.12. The second kappa shape index (κ2) is 8.20. The fourth-order valence-electron chi connectivity index (χ4n) is 3.36. The van der Waals surface area contributed by atoms with Crippen LogP contribution in [-0.4, -0.2) is 33.2 Å². The van der Waals surface area contributed by atoms with Crippen molar-refractivity contribution in [2.24, 2.45) is 0 Å². The molecule has 2 heterocycles. The van der Waals surface area contributed by atoms with Crippen LogP contribution in [-0.2, 0) is 26.5 Å². The van der Waals surface area contributed by atoms with Gasteiger partial charge in [0.25, 0.3) is 10.0 Å². The minimum absolute atomic E-state index is 0.0393. The molecule has 2 N–H and O–H groups in total. The van der Waals surface area contributed by atoms with E-state index in [9.17, 15) is 26.3 Å². The highest BCUT2D eigenvalue weighted by Crippen LogP contribution is 2.37. The number of aromatic nitrogens is 1. The monoisotopic (exact) mass is 510 g/mol. The quantitative estimate of drug-likeness (QED) is 0.401. The number of hydrogen-bond acceptors (Lipinski definition) is 8. The third kappa shape index (κ3) is 4.38. The van der Waals surface area contributed by atoms with E-state index in [0.29, 0.717) is 26.9 Å². The molecule has 2 aromatic heterocycles. The Hall–Kier alpha value is -2.80. The Morgan fingerprint density at radius 2 is 1.85 bits per heavy atom. The number of aliphatic hydroxyl groups excluding tert-OH is 1. The minimum atomic E-state index is -4.18. The van der Waals surface area contributed by atoms with Crippen molar-refractivity contribution in [3.63, 3.8) is 0 Å². The van der Waals surface area contributed by atoms with Gasteiger partial charge >= 0.3 is 0 Å². The fourth-order valence-corrected chi connectivity index (χ4v) is 7.11. The standard InChI is InChI=1S/C21H19FN2O6S3/c1-11-15-9-14(22)5-7-18(15)31-21(11)33(28,29)24-16-6-4-13(8-19(16)32(3,26)27)20-23-12(2)17(10-25)30-20/h4-9,24-25H,10H2,1-3H3. The van der Waals surface area contributed by atoms with E-state index in [1.165, 1.54) is 36.4 Å². The first-order valence-electron chi connectivity index (χ1n) is 9.54. The molecular weight excluding hydrogens is 491 g/mol. The smallest absolute Gasteiger partial charge is 0.271 e. The van der Waals surface area contributed by atoms with Gasteiger partial charge in [-0.2, -0.15) is 0 Å². The van der Waals surface area contributed by atoms with Crippen LogP contribution in [0.15, 0.2) is 49.9 Å². The molecule has 0 radical (unpaired) electrons. The summed E-state index contributed by atoms with van der Waals surface area (Å²) < 4.78 is 73.2. The minimum Gasteiger partial charge on any atom is -0.438 e. The summed E-state index contributed by atoms with van der Waals surface area (Å²) in [5, 5.41) is 9.78. The van der Waals surface area contributed by atoms with Gasteiger partial charge in [-0.1, -0.05) is 0 Å². The van der Waals surface area contributed by atoms with Crippen molar-refractivity contribution in [2.45, 2.75) is 29.6 Å². The summed E-state index contributed by atoms with van der Waals surface area (Å²) in [6.07, 6.45) is 0.956. The van der Waals surface area contributed by atoms with E-state index in [0.717, 1.165) is 17.6 Å². The fraction of sp³-hybridized carbons (Fsp3) is 0.190. The Kier molecular flexibility index (Phi) is 5.81. The summed E-state index contributed by atoms with van der Waals surface area (Å²) in [5.41, 5.74) is 0.978. The first-order chi connectivity index (χ1) is 15.4. The van der Waals surface area contributed by atoms with E-state index >= 15 is 0 Å². The lowest BCUT2D eigenvalue weighted by Crippen LogP contribution is -2.15. The van der Waals surface area contributed by atoms with Crippen LogP contribution < -0.4 is 4.72 Å². The molecule has 0 spiro atoms. The van der Waals surface area contributed by atoms with Crippen LogP contribution in [0.5, 0.6) is 0 Å². The number of hydrogen-bond donors (Lipinski definition) is 2. The zero-order valence-corrected chi connectivity index (χ0v) is 20.2. The van der Waals surface area contributed by atoms with Gasteiger partial charge in [0.05, 0.1) is 16.3 Å². The molecule has 33 heavy (non-hydrogen) atoms. The molecule has 12 heteroatoms. The van der Waals surface area contributed by atoms with Crippen molar-refractivity contribution in [3.05, 3.63) is 59.2 Å². The first-order valence-corrected chi connectivity index (χ1v) is 13.7. The molecule has 0 aliphatic rings. The maximum absolute atomic E-state index is 13.6. The van der Waals surface area contributed by atoms with Gasteiger partial charge < -0.3 is 9.52 Å². The van der Waals surface area contributed by atoms with Crippen LogP contribution >= 0.6 is 11.3 Å². The number of aryl methyl sites for hydroxylation is 2. The van der Waals surface area contributed by atoms with Gasteiger partial charge in [-0.05, 0) is 61.2 Å². The van der Waals surface area contributed by atoms with E-state index in [1.54, 1.807) is 13.8 Å². The van der Waals surface area contributed by atoms with Crippen molar-refractivity contribution in [1.29, 1.82) is 0 Å². The highest BCUT2D eigenvalue weighted by molar-refractivity contribution is 7.95.